The summed E-state index contributed by atoms with van der Waals surface area (Å²) in [5.74, 6) is 2.06. The molecule has 4 aliphatic rings. The van der Waals surface area contributed by atoms with Crippen LogP contribution in [0.4, 0.5) is 11.4 Å². The lowest BCUT2D eigenvalue weighted by molar-refractivity contribution is -0.125. The summed E-state index contributed by atoms with van der Waals surface area (Å²) in [6.07, 6.45) is 9.98. The highest BCUT2D eigenvalue weighted by Crippen LogP contribution is 2.64. The van der Waals surface area contributed by atoms with E-state index in [1.54, 1.807) is 18.2 Å². The molecule has 2 N–H and O–H groups in total. The fourth-order valence-electron chi connectivity index (χ4n) is 9.19. The number of likely N-dealkylation sites (tertiary alicyclic amines) is 2. The van der Waals surface area contributed by atoms with Crippen molar-refractivity contribution in [3.05, 3.63) is 131 Å². The van der Waals surface area contributed by atoms with Gasteiger partial charge in [0.2, 0.25) is 26.0 Å². The van der Waals surface area contributed by atoms with Gasteiger partial charge in [0, 0.05) is 72.4 Å². The minimum Gasteiger partial charge on any atom is -0.339 e. The van der Waals surface area contributed by atoms with Gasteiger partial charge in [0.05, 0.1) is 23.9 Å². The predicted octanol–water partition coefficient (Wildman–Crippen LogP) is 6.12. The van der Waals surface area contributed by atoms with E-state index in [9.17, 15) is 21.6 Å². The second kappa shape index (κ2) is 15.5. The van der Waals surface area contributed by atoms with E-state index in [4.69, 9.17) is 0 Å². The van der Waals surface area contributed by atoms with Gasteiger partial charge in [-0.1, -0.05) is 56.3 Å². The maximum absolute atomic E-state index is 12.6. The van der Waals surface area contributed by atoms with E-state index in [2.05, 4.69) is 56.4 Å². The summed E-state index contributed by atoms with van der Waals surface area (Å²) < 4.78 is 51.2. The van der Waals surface area contributed by atoms with Crippen LogP contribution >= 0.6 is 0 Å². The third-order valence-corrected chi connectivity index (χ3v) is 13.5. The molecule has 2 aliphatic heterocycles. The van der Waals surface area contributed by atoms with Crippen LogP contribution in [0.2, 0.25) is 0 Å². The number of benzene rings is 2. The number of carbonyl (C=O) groups is 1. The Morgan fingerprint density at radius 3 is 1.58 bits per heavy atom. The molecule has 0 radical (unpaired) electrons. The van der Waals surface area contributed by atoms with Crippen molar-refractivity contribution < 1.29 is 21.6 Å². The van der Waals surface area contributed by atoms with Gasteiger partial charge in [-0.3, -0.25) is 29.1 Å². The number of anilines is 2. The van der Waals surface area contributed by atoms with Gasteiger partial charge in [-0.2, -0.15) is 0 Å². The number of rotatable bonds is 11. The number of pyridine rings is 2. The molecule has 2 saturated heterocycles. The Morgan fingerprint density at radius 2 is 1.12 bits per heavy atom. The van der Waals surface area contributed by atoms with Gasteiger partial charge in [-0.05, 0) is 109 Å². The Balaban J connectivity index is 0.000000174. The van der Waals surface area contributed by atoms with Crippen LogP contribution in [0.1, 0.15) is 47.8 Å². The van der Waals surface area contributed by atoms with Crippen molar-refractivity contribution in [3.8, 4) is 0 Å². The second-order valence-corrected chi connectivity index (χ2v) is 20.0. The highest BCUT2D eigenvalue weighted by atomic mass is 32.2. The first-order valence-corrected chi connectivity index (χ1v) is 23.1. The molecule has 4 aromatic rings. The molecule has 0 spiro atoms. The average molecular weight is 809 g/mol. The molecular weight excluding hydrogens is 757 g/mol. The lowest BCUT2D eigenvalue weighted by atomic mass is 9.92. The van der Waals surface area contributed by atoms with Crippen LogP contribution in [0.25, 0.3) is 12.2 Å². The van der Waals surface area contributed by atoms with Gasteiger partial charge in [0.15, 0.2) is 0 Å². The molecule has 0 bridgehead atoms. The number of hydrogen-bond acceptors (Lipinski definition) is 8. The zero-order valence-corrected chi connectivity index (χ0v) is 35.0. The summed E-state index contributed by atoms with van der Waals surface area (Å²) >= 11 is 0. The van der Waals surface area contributed by atoms with Crippen molar-refractivity contribution >= 4 is 49.5 Å². The van der Waals surface area contributed by atoms with E-state index in [-0.39, 0.29) is 16.7 Å². The first-order chi connectivity index (χ1) is 26.9. The Kier molecular flexibility index (Phi) is 11.0. The predicted molar refractivity (Wildman–Crippen MR) is 228 cm³/mol. The number of nitrogens with zero attached hydrogens (tertiary/aromatic N) is 4. The fraction of sp³-hybridized carbons (Fsp3) is 0.386. The van der Waals surface area contributed by atoms with Crippen LogP contribution in [0.5, 0.6) is 0 Å². The summed E-state index contributed by atoms with van der Waals surface area (Å²) in [6, 6.07) is 27.3. The van der Waals surface area contributed by atoms with Crippen molar-refractivity contribution in [2.24, 2.45) is 23.7 Å². The smallest absolute Gasteiger partial charge is 0.246 e. The van der Waals surface area contributed by atoms with Crippen LogP contribution in [0.3, 0.4) is 0 Å². The molecule has 11 nitrogen and oxygen atoms in total. The molecule has 57 heavy (non-hydrogen) atoms. The molecule has 1 amide bonds. The van der Waals surface area contributed by atoms with E-state index in [0.717, 1.165) is 67.3 Å². The first kappa shape index (κ1) is 40.4. The Bertz CT molecular complexity index is 2430. The number of piperidine rings is 2. The van der Waals surface area contributed by atoms with E-state index < -0.39 is 20.0 Å². The highest BCUT2D eigenvalue weighted by Gasteiger charge is 2.66. The molecule has 4 heterocycles. The van der Waals surface area contributed by atoms with Crippen molar-refractivity contribution in [2.75, 3.05) is 54.7 Å². The van der Waals surface area contributed by atoms with Crippen molar-refractivity contribution in [1.82, 2.24) is 19.8 Å². The van der Waals surface area contributed by atoms with E-state index in [1.165, 1.54) is 11.8 Å². The standard InChI is InChI=1S/C22H25N3O3S.C22H27N3O2S/c1-15-6-4-8-17(23-15)10-11-21(26)25-13-19-20(14-25)22(19,2)16-7-5-9-18(12-16)24-29(3,27)28;1-16-7-4-9-18(23-16)11-6-12-25-14-20-21(15-25)22(20,2)17-8-5-10-19(13-17)24-28(3,26)27/h4-12,19-20,24H,13-14H2,1-3H3;4-11,13,20-21,24H,12,14-15H2,1-3H3/b11-10+;11-6+. The quantitative estimate of drug-likeness (QED) is 0.173. The Hall–Kier alpha value is -4.85. The van der Waals surface area contributed by atoms with Gasteiger partial charge < -0.3 is 4.90 Å². The van der Waals surface area contributed by atoms with Gasteiger partial charge >= 0.3 is 0 Å². The van der Waals surface area contributed by atoms with Gasteiger partial charge in [0.25, 0.3) is 0 Å². The molecule has 300 valence electrons. The molecule has 2 aromatic carbocycles. The maximum atomic E-state index is 12.6. The van der Waals surface area contributed by atoms with Gasteiger partial charge in [0.1, 0.15) is 0 Å². The van der Waals surface area contributed by atoms with Crippen LogP contribution in [-0.4, -0.2) is 87.7 Å². The monoisotopic (exact) mass is 808 g/mol. The van der Waals surface area contributed by atoms with Crippen molar-refractivity contribution in [2.45, 2.75) is 38.5 Å². The SMILES string of the molecule is Cc1cccc(/C=C/C(=O)N2CC3C(C2)C3(C)c2cccc(NS(C)(=O)=O)c2)n1.Cc1cccc(/C=C/CN2CC3C(C2)C3(C)c2cccc(NS(C)(=O)=O)c2)n1. The van der Waals surface area contributed by atoms with Gasteiger partial charge in [-0.25, -0.2) is 16.8 Å². The lowest BCUT2D eigenvalue weighted by Gasteiger charge is -2.24. The molecular formula is C44H52N6O5S2. The van der Waals surface area contributed by atoms with E-state index in [0.29, 0.717) is 35.0 Å². The topological polar surface area (TPSA) is 142 Å². The molecule has 4 unspecified atom stereocenters. The second-order valence-electron chi connectivity index (χ2n) is 16.5. The highest BCUT2D eigenvalue weighted by molar-refractivity contribution is 7.92. The van der Waals surface area contributed by atoms with Crippen molar-refractivity contribution in [3.63, 3.8) is 0 Å². The minimum absolute atomic E-state index is 0.00958. The van der Waals surface area contributed by atoms with E-state index >= 15 is 0 Å². The third-order valence-electron chi connectivity index (χ3n) is 12.3. The zero-order chi connectivity index (χ0) is 40.8. The fourth-order valence-corrected chi connectivity index (χ4v) is 10.3. The summed E-state index contributed by atoms with van der Waals surface area (Å²) in [5, 5.41) is 0. The number of aryl methyl sites for hydroxylation is 2. The van der Waals surface area contributed by atoms with Crippen molar-refractivity contribution in [1.29, 1.82) is 0 Å². The third kappa shape index (κ3) is 9.16. The summed E-state index contributed by atoms with van der Waals surface area (Å²) in [5.41, 5.74) is 7.45. The largest absolute Gasteiger partial charge is 0.339 e. The average Bonchev–Trinajstić information content (AvgIpc) is 3.60. The Morgan fingerprint density at radius 1 is 0.684 bits per heavy atom. The van der Waals surface area contributed by atoms with Crippen LogP contribution < -0.4 is 9.44 Å². The number of aromatic nitrogens is 2. The minimum atomic E-state index is -3.31. The van der Waals surface area contributed by atoms with Gasteiger partial charge in [-0.15, -0.1) is 0 Å². The number of hydrogen-bond donors (Lipinski definition) is 2. The van der Waals surface area contributed by atoms with Crippen LogP contribution in [0.15, 0.2) is 97.1 Å². The molecule has 13 heteroatoms. The molecule has 4 fully saturated rings. The molecule has 2 aromatic heterocycles. The number of fused-ring (bicyclic) bond motifs is 2. The molecule has 8 rings (SSSR count). The Labute approximate surface area is 337 Å². The maximum Gasteiger partial charge on any atom is 0.246 e. The summed E-state index contributed by atoms with van der Waals surface area (Å²) in [6.45, 7) is 13.0. The molecule has 2 aliphatic carbocycles. The van der Waals surface area contributed by atoms with Crippen LogP contribution in [0, 0.1) is 37.5 Å². The number of sulfonamides is 2. The summed E-state index contributed by atoms with van der Waals surface area (Å²) in [4.78, 5) is 25.8. The number of amides is 1. The first-order valence-electron chi connectivity index (χ1n) is 19.3. The summed E-state index contributed by atoms with van der Waals surface area (Å²) in [7, 11) is -6.56. The number of carbonyl (C=O) groups excluding carboxylic acids is 1. The zero-order valence-electron chi connectivity index (χ0n) is 33.4. The molecule has 4 atom stereocenters. The number of nitrogens with one attached hydrogen (secondary N) is 2. The van der Waals surface area contributed by atoms with Crippen LogP contribution in [-0.2, 0) is 35.7 Å². The normalized spacial score (nSPS) is 26.5. The molecule has 2 saturated carbocycles. The lowest BCUT2D eigenvalue weighted by Crippen LogP contribution is -2.33. The van der Waals surface area contributed by atoms with E-state index in [1.807, 2.05) is 91.5 Å².